The van der Waals surface area contributed by atoms with Crippen molar-refractivity contribution in [3.8, 4) is 0 Å². The fourth-order valence-electron chi connectivity index (χ4n) is 4.47. The van der Waals surface area contributed by atoms with E-state index in [-0.39, 0.29) is 35.1 Å². The lowest BCUT2D eigenvalue weighted by molar-refractivity contribution is -0.137. The van der Waals surface area contributed by atoms with Gasteiger partial charge >= 0.3 is 0 Å². The molecule has 1 heterocycles. The third-order valence-corrected chi connectivity index (χ3v) is 6.12. The summed E-state index contributed by atoms with van der Waals surface area (Å²) in [5.41, 5.74) is 0.196. The molecule has 0 bridgehead atoms. The number of carbonyl (C=O) groups excluding carboxylic acids is 2. The number of halogens is 3. The molecule has 7 heteroatoms. The smallest absolute Gasteiger partial charge is 0.238 e. The molecule has 140 valence electrons. The Labute approximate surface area is 165 Å². The first-order chi connectivity index (χ1) is 12.9. The van der Waals surface area contributed by atoms with Gasteiger partial charge in [0.15, 0.2) is 0 Å². The molecule has 0 radical (unpaired) electrons. The number of benzene rings is 2. The summed E-state index contributed by atoms with van der Waals surface area (Å²) in [5, 5.41) is 3.26. The first-order valence-electron chi connectivity index (χ1n) is 8.49. The van der Waals surface area contributed by atoms with Gasteiger partial charge in [-0.25, -0.2) is 4.39 Å². The zero-order valence-electron chi connectivity index (χ0n) is 14.4. The number of nitrogens with one attached hydrogen (secondary N) is 1. The molecule has 2 aromatic carbocycles. The van der Waals surface area contributed by atoms with Crippen molar-refractivity contribution in [2.24, 2.45) is 0 Å². The van der Waals surface area contributed by atoms with Crippen LogP contribution < -0.4 is 5.32 Å². The number of carbonyl (C=O) groups is 2. The third kappa shape index (κ3) is 2.60. The largest absolute Gasteiger partial charge is 0.379 e. The molecule has 1 aliphatic carbocycles. The van der Waals surface area contributed by atoms with Crippen LogP contribution in [0.5, 0.6) is 0 Å². The number of ether oxygens (including phenoxy) is 1. The standard InChI is InChI=1S/C20H16Cl2FNO3/c1-27-17-9-11(25)8-14(12-3-2-4-15(22)18(12)23)20(17)13-6-5-10(21)7-16(13)24-19(20)26/h2-7,14,17H,8-9H2,1H3,(H,24,26)/t14-,17+,20+/m1/s1. The highest BCUT2D eigenvalue weighted by Gasteiger charge is 2.61. The average molecular weight is 408 g/mol. The van der Waals surface area contributed by atoms with Gasteiger partial charge in [-0.1, -0.05) is 41.4 Å². The van der Waals surface area contributed by atoms with Gasteiger partial charge in [-0.15, -0.1) is 0 Å². The predicted molar refractivity (Wildman–Crippen MR) is 101 cm³/mol. The second-order valence-corrected chi connectivity index (χ2v) is 7.72. The number of hydrogen-bond acceptors (Lipinski definition) is 3. The Kier molecular flexibility index (Phi) is 4.49. The number of anilines is 1. The predicted octanol–water partition coefficient (Wildman–Crippen LogP) is 4.48. The van der Waals surface area contributed by atoms with Crippen molar-refractivity contribution in [2.45, 2.75) is 30.3 Å². The number of rotatable bonds is 2. The van der Waals surface area contributed by atoms with Crippen LogP contribution in [0, 0.1) is 5.82 Å². The SMILES string of the molecule is CO[C@H]1CC(=O)C[C@H](c2cccc(Cl)c2F)[C@]12C(=O)Nc1cc(Cl)ccc12. The molecule has 1 saturated carbocycles. The first kappa shape index (κ1) is 18.4. The Morgan fingerprint density at radius 3 is 2.70 bits per heavy atom. The maximum absolute atomic E-state index is 14.9. The van der Waals surface area contributed by atoms with Crippen LogP contribution in [0.2, 0.25) is 10.0 Å². The molecule has 1 spiro atoms. The Balaban J connectivity index is 2.01. The quantitative estimate of drug-likeness (QED) is 0.797. The summed E-state index contributed by atoms with van der Waals surface area (Å²) in [5.74, 6) is -1.79. The van der Waals surface area contributed by atoms with E-state index >= 15 is 0 Å². The fourth-order valence-corrected chi connectivity index (χ4v) is 4.83. The van der Waals surface area contributed by atoms with Crippen LogP contribution >= 0.6 is 23.2 Å². The second-order valence-electron chi connectivity index (χ2n) is 6.88. The maximum Gasteiger partial charge on any atom is 0.238 e. The summed E-state index contributed by atoms with van der Waals surface area (Å²) in [7, 11) is 1.46. The van der Waals surface area contributed by atoms with Crippen LogP contribution in [-0.4, -0.2) is 24.9 Å². The number of amides is 1. The summed E-state index contributed by atoms with van der Waals surface area (Å²) in [6.07, 6.45) is -0.637. The van der Waals surface area contributed by atoms with Crippen molar-refractivity contribution < 1.29 is 18.7 Å². The molecule has 0 aromatic heterocycles. The summed E-state index contributed by atoms with van der Waals surface area (Å²) >= 11 is 12.1. The van der Waals surface area contributed by atoms with Gasteiger partial charge in [-0.05, 0) is 29.3 Å². The topological polar surface area (TPSA) is 55.4 Å². The van der Waals surface area contributed by atoms with Gasteiger partial charge in [0.05, 0.1) is 11.1 Å². The minimum Gasteiger partial charge on any atom is -0.379 e. The van der Waals surface area contributed by atoms with Crippen molar-refractivity contribution >= 4 is 40.6 Å². The van der Waals surface area contributed by atoms with Crippen LogP contribution in [0.1, 0.15) is 29.9 Å². The molecule has 2 aliphatic rings. The lowest BCUT2D eigenvalue weighted by atomic mass is 9.59. The van der Waals surface area contributed by atoms with Crippen LogP contribution in [0.25, 0.3) is 0 Å². The highest BCUT2D eigenvalue weighted by molar-refractivity contribution is 6.31. The van der Waals surface area contributed by atoms with Gasteiger partial charge in [-0.3, -0.25) is 9.59 Å². The second kappa shape index (κ2) is 6.59. The van der Waals surface area contributed by atoms with E-state index in [4.69, 9.17) is 27.9 Å². The molecule has 1 fully saturated rings. The van der Waals surface area contributed by atoms with E-state index in [1.54, 1.807) is 30.3 Å². The monoisotopic (exact) mass is 407 g/mol. The summed E-state index contributed by atoms with van der Waals surface area (Å²) < 4.78 is 20.5. The van der Waals surface area contributed by atoms with E-state index in [9.17, 15) is 14.0 Å². The molecule has 0 saturated heterocycles. The first-order valence-corrected chi connectivity index (χ1v) is 9.25. The van der Waals surface area contributed by atoms with Crippen molar-refractivity contribution in [3.05, 3.63) is 63.4 Å². The lowest BCUT2D eigenvalue weighted by Gasteiger charge is -2.44. The van der Waals surface area contributed by atoms with E-state index in [2.05, 4.69) is 5.32 Å². The number of fused-ring (bicyclic) bond motifs is 2. The van der Waals surface area contributed by atoms with Gasteiger partial charge in [0.2, 0.25) is 5.91 Å². The van der Waals surface area contributed by atoms with Gasteiger partial charge < -0.3 is 10.1 Å². The maximum atomic E-state index is 14.9. The average Bonchev–Trinajstić information content (AvgIpc) is 2.91. The van der Waals surface area contributed by atoms with Crippen LogP contribution in [0.15, 0.2) is 36.4 Å². The minimum absolute atomic E-state index is 0.0204. The Morgan fingerprint density at radius 1 is 1.19 bits per heavy atom. The molecule has 1 N–H and O–H groups in total. The number of methoxy groups -OCH3 is 1. The van der Waals surface area contributed by atoms with Crippen LogP contribution in [-0.2, 0) is 19.7 Å². The van der Waals surface area contributed by atoms with Crippen LogP contribution in [0.3, 0.4) is 0 Å². The molecule has 2 aromatic rings. The molecule has 1 aliphatic heterocycles. The van der Waals surface area contributed by atoms with Gasteiger partial charge in [0.1, 0.15) is 17.0 Å². The summed E-state index contributed by atoms with van der Waals surface area (Å²) in [6, 6.07) is 9.70. The zero-order chi connectivity index (χ0) is 19.3. The van der Waals surface area contributed by atoms with Gasteiger partial charge in [0.25, 0.3) is 0 Å². The highest BCUT2D eigenvalue weighted by atomic mass is 35.5. The summed E-state index contributed by atoms with van der Waals surface area (Å²) in [4.78, 5) is 25.7. The third-order valence-electron chi connectivity index (χ3n) is 5.59. The number of hydrogen-bond donors (Lipinski definition) is 1. The van der Waals surface area contributed by atoms with Gasteiger partial charge in [0, 0.05) is 36.6 Å². The van der Waals surface area contributed by atoms with E-state index in [0.29, 0.717) is 16.3 Å². The summed E-state index contributed by atoms with van der Waals surface area (Å²) in [6.45, 7) is 0. The zero-order valence-corrected chi connectivity index (χ0v) is 15.9. The Bertz CT molecular complexity index is 964. The molecule has 0 unspecified atom stereocenters. The fraction of sp³-hybridized carbons (Fsp3) is 0.300. The Hall–Kier alpha value is -1.95. The van der Waals surface area contributed by atoms with Crippen molar-refractivity contribution in [1.82, 2.24) is 0 Å². The molecule has 27 heavy (non-hydrogen) atoms. The van der Waals surface area contributed by atoms with E-state index in [1.807, 2.05) is 0 Å². The number of ketones is 1. The van der Waals surface area contributed by atoms with Crippen molar-refractivity contribution in [3.63, 3.8) is 0 Å². The van der Waals surface area contributed by atoms with Crippen molar-refractivity contribution in [1.29, 1.82) is 0 Å². The molecule has 3 atom stereocenters. The van der Waals surface area contributed by atoms with E-state index in [1.165, 1.54) is 13.2 Å². The molecular weight excluding hydrogens is 392 g/mol. The van der Waals surface area contributed by atoms with E-state index in [0.717, 1.165) is 0 Å². The normalized spacial score (nSPS) is 27.0. The molecule has 4 nitrogen and oxygen atoms in total. The molecule has 1 amide bonds. The Morgan fingerprint density at radius 2 is 1.96 bits per heavy atom. The van der Waals surface area contributed by atoms with Crippen LogP contribution in [0.4, 0.5) is 10.1 Å². The minimum atomic E-state index is -1.24. The highest BCUT2D eigenvalue weighted by Crippen LogP contribution is 2.55. The molecule has 4 rings (SSSR count). The van der Waals surface area contributed by atoms with Crippen molar-refractivity contribution in [2.75, 3.05) is 12.4 Å². The van der Waals surface area contributed by atoms with E-state index < -0.39 is 23.3 Å². The van der Waals surface area contributed by atoms with Gasteiger partial charge in [-0.2, -0.15) is 0 Å². The lowest BCUT2D eigenvalue weighted by Crippen LogP contribution is -2.55. The molecular formula is C20H16Cl2FNO3. The number of Topliss-reactive ketones (excluding diaryl/α,β-unsaturated/α-hetero) is 1.